The minimum Gasteiger partial charge on any atom is -0.463 e. The third-order valence-electron chi connectivity index (χ3n) is 5.22. The van der Waals surface area contributed by atoms with E-state index in [1.54, 1.807) is 12.1 Å². The van der Waals surface area contributed by atoms with Gasteiger partial charge in [-0.1, -0.05) is 29.8 Å². The highest BCUT2D eigenvalue weighted by atomic mass is 16.7. The van der Waals surface area contributed by atoms with Crippen LogP contribution in [-0.4, -0.2) is 34.4 Å². The molecule has 1 aromatic carbocycles. The number of methoxy groups -OCH3 is 1. The molecule has 0 radical (unpaired) electrons. The van der Waals surface area contributed by atoms with Crippen LogP contribution in [0.25, 0.3) is 0 Å². The molecule has 7 nitrogen and oxygen atoms in total. The SMILES string of the molecule is COC(=O)C1=C[C@H](c2cccc(C)c2)[C@]2([N+](=O)[O-])CCCC[C@]2(O)O1. The Balaban J connectivity index is 2.23. The van der Waals surface area contributed by atoms with Gasteiger partial charge in [0, 0.05) is 17.8 Å². The van der Waals surface area contributed by atoms with Gasteiger partial charge in [0.15, 0.2) is 0 Å². The normalized spacial score (nSPS) is 31.3. The third kappa shape index (κ3) is 2.59. The summed E-state index contributed by atoms with van der Waals surface area (Å²) in [6, 6.07) is 7.30. The Labute approximate surface area is 145 Å². The molecule has 1 N–H and O–H groups in total. The highest BCUT2D eigenvalue weighted by Crippen LogP contribution is 2.53. The van der Waals surface area contributed by atoms with E-state index in [1.165, 1.54) is 13.2 Å². The molecule has 0 aromatic heterocycles. The molecule has 2 aliphatic rings. The van der Waals surface area contributed by atoms with Gasteiger partial charge in [0.05, 0.1) is 13.0 Å². The molecule has 1 heterocycles. The summed E-state index contributed by atoms with van der Waals surface area (Å²) in [6.45, 7) is 1.89. The molecule has 0 saturated heterocycles. The first-order valence-corrected chi connectivity index (χ1v) is 8.26. The number of aliphatic hydroxyl groups is 1. The number of carbonyl (C=O) groups is 1. The zero-order valence-corrected chi connectivity index (χ0v) is 14.2. The number of aryl methyl sites for hydroxylation is 1. The molecule has 1 aliphatic carbocycles. The maximum Gasteiger partial charge on any atom is 0.373 e. The lowest BCUT2D eigenvalue weighted by molar-refractivity contribution is -0.623. The van der Waals surface area contributed by atoms with Gasteiger partial charge < -0.3 is 14.6 Å². The summed E-state index contributed by atoms with van der Waals surface area (Å²) in [5, 5.41) is 23.3. The molecule has 0 bridgehead atoms. The number of benzene rings is 1. The Bertz CT molecular complexity index is 745. The first-order valence-electron chi connectivity index (χ1n) is 8.26. The largest absolute Gasteiger partial charge is 0.463 e. The molecule has 0 amide bonds. The lowest BCUT2D eigenvalue weighted by Gasteiger charge is -2.48. The second-order valence-corrected chi connectivity index (χ2v) is 6.69. The predicted molar refractivity (Wildman–Crippen MR) is 88.2 cm³/mol. The lowest BCUT2D eigenvalue weighted by Crippen LogP contribution is -2.67. The summed E-state index contributed by atoms with van der Waals surface area (Å²) < 4.78 is 10.2. The van der Waals surface area contributed by atoms with Crippen LogP contribution in [-0.2, 0) is 14.3 Å². The number of fused-ring (bicyclic) bond motifs is 1. The topological polar surface area (TPSA) is 98.9 Å². The molecule has 1 aliphatic heterocycles. The molecule has 0 spiro atoms. The zero-order chi connectivity index (χ0) is 18.2. The van der Waals surface area contributed by atoms with Crippen molar-refractivity contribution >= 4 is 5.97 Å². The fourth-order valence-corrected chi connectivity index (χ4v) is 4.01. The van der Waals surface area contributed by atoms with Gasteiger partial charge >= 0.3 is 5.97 Å². The van der Waals surface area contributed by atoms with Crippen molar-refractivity contribution in [1.82, 2.24) is 0 Å². The summed E-state index contributed by atoms with van der Waals surface area (Å²) in [5.74, 6) is -3.79. The van der Waals surface area contributed by atoms with E-state index in [4.69, 9.17) is 9.47 Å². The van der Waals surface area contributed by atoms with Gasteiger partial charge in [0.2, 0.25) is 5.76 Å². The molecular formula is C18H21NO6. The van der Waals surface area contributed by atoms with Gasteiger partial charge in [-0.3, -0.25) is 10.1 Å². The van der Waals surface area contributed by atoms with Crippen molar-refractivity contribution in [1.29, 1.82) is 0 Å². The van der Waals surface area contributed by atoms with E-state index in [2.05, 4.69) is 0 Å². The van der Waals surface area contributed by atoms with Gasteiger partial charge in [-0.25, -0.2) is 4.79 Å². The molecule has 0 unspecified atom stereocenters. The van der Waals surface area contributed by atoms with Gasteiger partial charge in [0.1, 0.15) is 0 Å². The Morgan fingerprint density at radius 3 is 2.76 bits per heavy atom. The smallest absolute Gasteiger partial charge is 0.373 e. The zero-order valence-electron chi connectivity index (χ0n) is 14.2. The highest BCUT2D eigenvalue weighted by molar-refractivity contribution is 5.86. The molecule has 3 atom stereocenters. The maximum atomic E-state index is 12.2. The standard InChI is InChI=1S/C18H21NO6/c1-12-6-5-7-13(10-12)14-11-15(16(20)24-2)25-18(21)9-4-3-8-17(14,18)19(22)23/h5-7,10-11,14,21H,3-4,8-9H2,1-2H3/t14-,17-,18+/m1/s1. The van der Waals surface area contributed by atoms with Crippen LogP contribution in [0.2, 0.25) is 0 Å². The third-order valence-corrected chi connectivity index (χ3v) is 5.22. The van der Waals surface area contributed by atoms with E-state index in [-0.39, 0.29) is 18.6 Å². The summed E-state index contributed by atoms with van der Waals surface area (Å²) >= 11 is 0. The number of hydrogen-bond acceptors (Lipinski definition) is 6. The second kappa shape index (κ2) is 6.15. The Morgan fingerprint density at radius 2 is 2.12 bits per heavy atom. The number of ether oxygens (including phenoxy) is 2. The monoisotopic (exact) mass is 347 g/mol. The number of nitro groups is 1. The van der Waals surface area contributed by atoms with Crippen LogP contribution >= 0.6 is 0 Å². The van der Waals surface area contributed by atoms with Crippen molar-refractivity contribution < 1.29 is 24.3 Å². The molecular weight excluding hydrogens is 326 g/mol. The summed E-state index contributed by atoms with van der Waals surface area (Å²) in [4.78, 5) is 23.7. The first-order chi connectivity index (χ1) is 11.8. The highest BCUT2D eigenvalue weighted by Gasteiger charge is 2.70. The molecule has 1 fully saturated rings. The summed E-state index contributed by atoms with van der Waals surface area (Å²) in [5.41, 5.74) is -0.132. The Morgan fingerprint density at radius 1 is 1.40 bits per heavy atom. The van der Waals surface area contributed by atoms with E-state index in [0.717, 1.165) is 5.56 Å². The minimum atomic E-state index is -2.05. The van der Waals surface area contributed by atoms with Crippen LogP contribution in [0.3, 0.4) is 0 Å². The fourth-order valence-electron chi connectivity index (χ4n) is 4.01. The molecule has 1 aromatic rings. The molecule has 7 heteroatoms. The quantitative estimate of drug-likeness (QED) is 0.512. The molecule has 134 valence electrons. The van der Waals surface area contributed by atoms with E-state index in [1.807, 2.05) is 19.1 Å². The Kier molecular flexibility index (Phi) is 4.28. The van der Waals surface area contributed by atoms with Crippen molar-refractivity contribution in [3.05, 3.63) is 57.3 Å². The van der Waals surface area contributed by atoms with Crippen LogP contribution in [0.4, 0.5) is 0 Å². The van der Waals surface area contributed by atoms with Crippen molar-refractivity contribution in [2.24, 2.45) is 0 Å². The Hall–Kier alpha value is -2.41. The number of nitrogens with zero attached hydrogens (tertiary/aromatic N) is 1. The van der Waals surface area contributed by atoms with Gasteiger partial charge in [0.25, 0.3) is 11.3 Å². The predicted octanol–water partition coefficient (Wildman–Crippen LogP) is 2.44. The molecule has 3 rings (SSSR count). The van der Waals surface area contributed by atoms with Gasteiger partial charge in [-0.05, 0) is 31.4 Å². The van der Waals surface area contributed by atoms with Crippen molar-refractivity contribution in [3.8, 4) is 0 Å². The van der Waals surface area contributed by atoms with Crippen LogP contribution in [0.5, 0.6) is 0 Å². The average molecular weight is 347 g/mol. The van der Waals surface area contributed by atoms with Crippen LogP contribution in [0.15, 0.2) is 36.1 Å². The second-order valence-electron chi connectivity index (χ2n) is 6.69. The van der Waals surface area contributed by atoms with E-state index in [0.29, 0.717) is 18.4 Å². The fraction of sp³-hybridized carbons (Fsp3) is 0.500. The molecule has 25 heavy (non-hydrogen) atoms. The minimum absolute atomic E-state index is 0.0879. The number of carbonyl (C=O) groups excluding carboxylic acids is 1. The molecule has 1 saturated carbocycles. The summed E-state index contributed by atoms with van der Waals surface area (Å²) in [6.07, 6.45) is 2.87. The van der Waals surface area contributed by atoms with Crippen LogP contribution in [0, 0.1) is 17.0 Å². The van der Waals surface area contributed by atoms with Crippen molar-refractivity contribution in [2.75, 3.05) is 7.11 Å². The van der Waals surface area contributed by atoms with Crippen molar-refractivity contribution in [3.63, 3.8) is 0 Å². The van der Waals surface area contributed by atoms with E-state index < -0.39 is 28.1 Å². The van der Waals surface area contributed by atoms with Crippen LogP contribution < -0.4 is 0 Å². The average Bonchev–Trinajstić information content (AvgIpc) is 2.59. The van der Waals surface area contributed by atoms with Crippen molar-refractivity contribution in [2.45, 2.75) is 49.9 Å². The number of esters is 1. The van der Waals surface area contributed by atoms with E-state index >= 15 is 0 Å². The summed E-state index contributed by atoms with van der Waals surface area (Å²) in [7, 11) is 1.20. The maximum absolute atomic E-state index is 12.2. The number of hydrogen-bond donors (Lipinski definition) is 1. The van der Waals surface area contributed by atoms with E-state index in [9.17, 15) is 20.0 Å². The van der Waals surface area contributed by atoms with Crippen LogP contribution in [0.1, 0.15) is 42.7 Å². The first kappa shape index (κ1) is 17.4. The van der Waals surface area contributed by atoms with Gasteiger partial charge in [-0.15, -0.1) is 0 Å². The number of rotatable bonds is 3. The van der Waals surface area contributed by atoms with Gasteiger partial charge in [-0.2, -0.15) is 0 Å². The lowest BCUT2D eigenvalue weighted by atomic mass is 9.65.